The van der Waals surface area contributed by atoms with Crippen LogP contribution in [0.1, 0.15) is 53.9 Å². The first-order valence-electron chi connectivity index (χ1n) is 5.94. The Bertz CT molecular complexity index is 110. The van der Waals surface area contributed by atoms with Crippen LogP contribution >= 0.6 is 0 Å². The molecule has 0 aliphatic carbocycles. The van der Waals surface area contributed by atoms with Crippen LogP contribution in [0.15, 0.2) is 0 Å². The topological polar surface area (TPSA) is 3.24 Å². The van der Waals surface area contributed by atoms with E-state index in [4.69, 9.17) is 0 Å². The van der Waals surface area contributed by atoms with Crippen LogP contribution in [-0.2, 0) is 0 Å². The maximum Gasteiger partial charge on any atom is 0.00387 e. The van der Waals surface area contributed by atoms with E-state index < -0.39 is 0 Å². The highest BCUT2D eigenvalue weighted by atomic mass is 15.1. The van der Waals surface area contributed by atoms with Crippen LogP contribution in [-0.4, -0.2) is 24.0 Å². The van der Waals surface area contributed by atoms with Crippen LogP contribution in [0.25, 0.3) is 0 Å². The molecule has 1 rings (SSSR count). The second kappa shape index (κ2) is 7.37. The van der Waals surface area contributed by atoms with E-state index in [1.54, 1.807) is 0 Å². The van der Waals surface area contributed by atoms with Gasteiger partial charge in [-0.05, 0) is 39.2 Å². The van der Waals surface area contributed by atoms with Crippen molar-refractivity contribution in [3.63, 3.8) is 0 Å². The van der Waals surface area contributed by atoms with Crippen molar-refractivity contribution < 1.29 is 0 Å². The SMILES string of the molecule is CC.CC1CCCCN(C(C)C)C1. The van der Waals surface area contributed by atoms with Crippen LogP contribution in [0.2, 0.25) is 0 Å². The number of hydrogen-bond acceptors (Lipinski definition) is 1. The Balaban J connectivity index is 0.000000671. The van der Waals surface area contributed by atoms with E-state index >= 15 is 0 Å². The van der Waals surface area contributed by atoms with Gasteiger partial charge in [0.15, 0.2) is 0 Å². The normalized spacial score (nSPS) is 24.9. The first-order chi connectivity index (χ1) is 6.20. The molecule has 1 heterocycles. The van der Waals surface area contributed by atoms with Crippen molar-refractivity contribution >= 4 is 0 Å². The summed E-state index contributed by atoms with van der Waals surface area (Å²) < 4.78 is 0. The summed E-state index contributed by atoms with van der Waals surface area (Å²) in [5.41, 5.74) is 0. The summed E-state index contributed by atoms with van der Waals surface area (Å²) in [6.07, 6.45) is 4.27. The second-order valence-corrected chi connectivity index (χ2v) is 4.19. The lowest BCUT2D eigenvalue weighted by molar-refractivity contribution is 0.208. The largest absolute Gasteiger partial charge is 0.301 e. The zero-order valence-corrected chi connectivity index (χ0v) is 10.1. The molecule has 0 spiro atoms. The Hall–Kier alpha value is -0.0400. The van der Waals surface area contributed by atoms with Crippen molar-refractivity contribution in [1.82, 2.24) is 4.90 Å². The minimum absolute atomic E-state index is 0.746. The molecular weight excluding hydrogens is 158 g/mol. The standard InChI is InChI=1S/C10H21N.C2H6/c1-9(2)11-7-5-4-6-10(3)8-11;1-2/h9-10H,4-8H2,1-3H3;1-2H3. The van der Waals surface area contributed by atoms with Gasteiger partial charge in [0.2, 0.25) is 0 Å². The summed E-state index contributed by atoms with van der Waals surface area (Å²) >= 11 is 0. The van der Waals surface area contributed by atoms with Gasteiger partial charge in [-0.15, -0.1) is 0 Å². The van der Waals surface area contributed by atoms with Gasteiger partial charge < -0.3 is 4.90 Å². The van der Waals surface area contributed by atoms with Crippen molar-refractivity contribution in [1.29, 1.82) is 0 Å². The van der Waals surface area contributed by atoms with Gasteiger partial charge in [0.25, 0.3) is 0 Å². The lowest BCUT2D eigenvalue weighted by Crippen LogP contribution is -2.33. The Morgan fingerprint density at radius 3 is 2.31 bits per heavy atom. The summed E-state index contributed by atoms with van der Waals surface area (Å²) in [6.45, 7) is 13.6. The molecule has 13 heavy (non-hydrogen) atoms. The molecule has 1 aliphatic rings. The van der Waals surface area contributed by atoms with Crippen LogP contribution in [0.3, 0.4) is 0 Å². The quantitative estimate of drug-likeness (QED) is 0.604. The summed E-state index contributed by atoms with van der Waals surface area (Å²) in [4.78, 5) is 2.61. The highest BCUT2D eigenvalue weighted by Gasteiger charge is 2.15. The molecule has 0 saturated carbocycles. The first-order valence-corrected chi connectivity index (χ1v) is 5.94. The Labute approximate surface area is 84.5 Å². The molecule has 0 amide bonds. The highest BCUT2D eigenvalue weighted by molar-refractivity contribution is 4.70. The monoisotopic (exact) mass is 185 g/mol. The van der Waals surface area contributed by atoms with E-state index in [9.17, 15) is 0 Å². The minimum Gasteiger partial charge on any atom is -0.301 e. The third-order valence-electron chi connectivity index (χ3n) is 2.67. The lowest BCUT2D eigenvalue weighted by Gasteiger charge is -2.26. The van der Waals surface area contributed by atoms with Crippen LogP contribution in [0, 0.1) is 5.92 Å². The number of hydrogen-bond donors (Lipinski definition) is 0. The average Bonchev–Trinajstić information content (AvgIpc) is 2.33. The van der Waals surface area contributed by atoms with Gasteiger partial charge in [0.1, 0.15) is 0 Å². The lowest BCUT2D eigenvalue weighted by atomic mass is 10.1. The molecule has 0 aromatic rings. The molecule has 1 heteroatoms. The van der Waals surface area contributed by atoms with Gasteiger partial charge in [0.05, 0.1) is 0 Å². The number of nitrogens with zero attached hydrogens (tertiary/aromatic N) is 1. The second-order valence-electron chi connectivity index (χ2n) is 4.19. The Kier molecular flexibility index (Phi) is 7.35. The Morgan fingerprint density at radius 2 is 1.77 bits per heavy atom. The fourth-order valence-electron chi connectivity index (χ4n) is 1.86. The molecule has 1 unspecified atom stereocenters. The molecule has 1 atom stereocenters. The maximum absolute atomic E-state index is 2.61. The van der Waals surface area contributed by atoms with Gasteiger partial charge in [-0.3, -0.25) is 0 Å². The molecular formula is C12H27N. The molecule has 0 aromatic heterocycles. The van der Waals surface area contributed by atoms with Crippen molar-refractivity contribution in [2.75, 3.05) is 13.1 Å². The van der Waals surface area contributed by atoms with E-state index in [0.717, 1.165) is 12.0 Å². The summed E-state index contributed by atoms with van der Waals surface area (Å²) in [6, 6.07) is 0.746. The van der Waals surface area contributed by atoms with E-state index in [-0.39, 0.29) is 0 Å². The zero-order chi connectivity index (χ0) is 10.3. The molecule has 0 radical (unpaired) electrons. The highest BCUT2D eigenvalue weighted by Crippen LogP contribution is 2.16. The molecule has 1 aliphatic heterocycles. The third kappa shape index (κ3) is 5.30. The maximum atomic E-state index is 2.61. The predicted molar refractivity (Wildman–Crippen MR) is 61.1 cm³/mol. The zero-order valence-electron chi connectivity index (χ0n) is 10.1. The van der Waals surface area contributed by atoms with E-state index in [0.29, 0.717) is 0 Å². The molecule has 0 N–H and O–H groups in total. The van der Waals surface area contributed by atoms with Crippen molar-refractivity contribution in [3.05, 3.63) is 0 Å². The fourth-order valence-corrected chi connectivity index (χ4v) is 1.86. The van der Waals surface area contributed by atoms with Crippen LogP contribution < -0.4 is 0 Å². The molecule has 0 bridgehead atoms. The summed E-state index contributed by atoms with van der Waals surface area (Å²) in [7, 11) is 0. The van der Waals surface area contributed by atoms with Crippen LogP contribution in [0.5, 0.6) is 0 Å². The number of likely N-dealkylation sites (tertiary alicyclic amines) is 1. The Morgan fingerprint density at radius 1 is 1.15 bits per heavy atom. The molecule has 1 fully saturated rings. The third-order valence-corrected chi connectivity index (χ3v) is 2.67. The van der Waals surface area contributed by atoms with Crippen molar-refractivity contribution in [2.24, 2.45) is 5.92 Å². The van der Waals surface area contributed by atoms with E-state index in [1.807, 2.05) is 13.8 Å². The molecule has 80 valence electrons. The first kappa shape index (κ1) is 13.0. The van der Waals surface area contributed by atoms with Crippen molar-refractivity contribution in [3.8, 4) is 0 Å². The molecule has 1 nitrogen and oxygen atoms in total. The number of rotatable bonds is 1. The van der Waals surface area contributed by atoms with Gasteiger partial charge in [0, 0.05) is 12.6 Å². The minimum atomic E-state index is 0.746. The smallest absolute Gasteiger partial charge is 0.00387 e. The molecule has 0 aromatic carbocycles. The van der Waals surface area contributed by atoms with Gasteiger partial charge in [-0.2, -0.15) is 0 Å². The van der Waals surface area contributed by atoms with Crippen molar-refractivity contribution in [2.45, 2.75) is 59.9 Å². The van der Waals surface area contributed by atoms with Gasteiger partial charge in [-0.1, -0.05) is 27.2 Å². The van der Waals surface area contributed by atoms with Gasteiger partial charge >= 0.3 is 0 Å². The van der Waals surface area contributed by atoms with Crippen LogP contribution in [0.4, 0.5) is 0 Å². The van der Waals surface area contributed by atoms with Gasteiger partial charge in [-0.25, -0.2) is 0 Å². The summed E-state index contributed by atoms with van der Waals surface area (Å²) in [5, 5.41) is 0. The van der Waals surface area contributed by atoms with E-state index in [1.165, 1.54) is 32.4 Å². The average molecular weight is 185 g/mol. The fraction of sp³-hybridized carbons (Fsp3) is 1.00. The van der Waals surface area contributed by atoms with E-state index in [2.05, 4.69) is 25.7 Å². The summed E-state index contributed by atoms with van der Waals surface area (Å²) in [5.74, 6) is 0.917. The predicted octanol–water partition coefficient (Wildman–Crippen LogP) is 3.54. The molecule has 1 saturated heterocycles.